The molecule has 2 aromatic heterocycles. The molecule has 0 unspecified atom stereocenters. The molecule has 29 heavy (non-hydrogen) atoms. The van der Waals surface area contributed by atoms with Crippen molar-refractivity contribution in [2.75, 3.05) is 13.2 Å². The molecule has 0 saturated heterocycles. The van der Waals surface area contributed by atoms with E-state index in [1.54, 1.807) is 35.6 Å². The van der Waals surface area contributed by atoms with Gasteiger partial charge < -0.3 is 23.2 Å². The third-order valence-electron chi connectivity index (χ3n) is 4.15. The van der Waals surface area contributed by atoms with Crippen molar-refractivity contribution in [2.24, 2.45) is 0 Å². The van der Waals surface area contributed by atoms with E-state index < -0.39 is 0 Å². The van der Waals surface area contributed by atoms with E-state index in [4.69, 9.17) is 18.3 Å². The highest BCUT2D eigenvalue weighted by molar-refractivity contribution is 5.91. The second kappa shape index (κ2) is 10.2. The summed E-state index contributed by atoms with van der Waals surface area (Å²) in [7, 11) is 0. The van der Waals surface area contributed by atoms with Crippen molar-refractivity contribution >= 4 is 12.0 Å². The maximum Gasteiger partial charge on any atom is 0.247 e. The number of hydrogen-bond acceptors (Lipinski definition) is 5. The Morgan fingerprint density at radius 1 is 0.931 bits per heavy atom. The number of furan rings is 2. The number of nitrogens with zero attached hydrogens (tertiary/aromatic N) is 1. The highest BCUT2D eigenvalue weighted by Gasteiger charge is 2.15. The predicted octanol–water partition coefficient (Wildman–Crippen LogP) is 4.91. The summed E-state index contributed by atoms with van der Waals surface area (Å²) in [6.45, 7) is 5.64. The molecule has 6 nitrogen and oxygen atoms in total. The van der Waals surface area contributed by atoms with E-state index >= 15 is 0 Å². The molecular formula is C23H25NO5. The fraction of sp³-hybridized carbons (Fsp3) is 0.261. The molecule has 1 amide bonds. The van der Waals surface area contributed by atoms with Crippen LogP contribution in [0, 0.1) is 0 Å². The summed E-state index contributed by atoms with van der Waals surface area (Å²) < 4.78 is 22.0. The molecule has 3 aromatic rings. The largest absolute Gasteiger partial charge is 0.490 e. The Bertz CT molecular complexity index is 877. The molecule has 0 bridgehead atoms. The Kier molecular flexibility index (Phi) is 7.16. The van der Waals surface area contributed by atoms with Crippen LogP contribution < -0.4 is 9.47 Å². The molecule has 0 N–H and O–H groups in total. The summed E-state index contributed by atoms with van der Waals surface area (Å²) in [6.07, 6.45) is 6.49. The van der Waals surface area contributed by atoms with E-state index in [0.717, 1.165) is 5.56 Å². The Hall–Kier alpha value is -3.41. The fourth-order valence-electron chi connectivity index (χ4n) is 2.84. The van der Waals surface area contributed by atoms with E-state index in [1.807, 2.05) is 44.2 Å². The first-order valence-corrected chi connectivity index (χ1v) is 9.61. The topological polar surface area (TPSA) is 65.0 Å². The summed E-state index contributed by atoms with van der Waals surface area (Å²) in [5.41, 5.74) is 0.848. The van der Waals surface area contributed by atoms with Crippen LogP contribution in [0.15, 0.2) is 69.9 Å². The molecule has 6 heteroatoms. The van der Waals surface area contributed by atoms with Gasteiger partial charge in [0.15, 0.2) is 11.5 Å². The zero-order valence-electron chi connectivity index (χ0n) is 16.7. The number of amides is 1. The second-order valence-electron chi connectivity index (χ2n) is 6.26. The Morgan fingerprint density at radius 2 is 1.55 bits per heavy atom. The van der Waals surface area contributed by atoms with Crippen LogP contribution in [-0.4, -0.2) is 24.0 Å². The van der Waals surface area contributed by atoms with Crippen LogP contribution in [0.4, 0.5) is 0 Å². The van der Waals surface area contributed by atoms with Gasteiger partial charge in [0, 0.05) is 6.08 Å². The van der Waals surface area contributed by atoms with Crippen molar-refractivity contribution in [1.29, 1.82) is 0 Å². The van der Waals surface area contributed by atoms with Crippen molar-refractivity contribution < 1.29 is 23.1 Å². The zero-order chi connectivity index (χ0) is 20.5. The lowest BCUT2D eigenvalue weighted by Gasteiger charge is -2.18. The van der Waals surface area contributed by atoms with E-state index in [-0.39, 0.29) is 5.91 Å². The lowest BCUT2D eigenvalue weighted by molar-refractivity contribution is -0.127. The standard InChI is InChI=1S/C23H25NO5/c1-3-26-21-11-9-18(15-22(21)27-4-2)10-12-23(25)24(16-19-7-5-13-28-19)17-20-8-6-14-29-20/h5-15H,3-4,16-17H2,1-2H3/b12-10+. The number of ether oxygens (including phenoxy) is 2. The minimum Gasteiger partial charge on any atom is -0.490 e. The minimum atomic E-state index is -0.148. The SMILES string of the molecule is CCOc1ccc(/C=C/C(=O)N(Cc2ccco2)Cc2ccco2)cc1OCC. The van der Waals surface area contributed by atoms with Crippen LogP contribution in [0.25, 0.3) is 6.08 Å². The molecule has 0 spiro atoms. The lowest BCUT2D eigenvalue weighted by Crippen LogP contribution is -2.28. The normalized spacial score (nSPS) is 11.0. The first-order valence-electron chi connectivity index (χ1n) is 9.61. The van der Waals surface area contributed by atoms with Crippen LogP contribution in [0.3, 0.4) is 0 Å². The van der Waals surface area contributed by atoms with Gasteiger partial charge >= 0.3 is 0 Å². The van der Waals surface area contributed by atoms with Gasteiger partial charge in [0.25, 0.3) is 0 Å². The second-order valence-corrected chi connectivity index (χ2v) is 6.26. The number of carbonyl (C=O) groups excluding carboxylic acids is 1. The van der Waals surface area contributed by atoms with Crippen LogP contribution >= 0.6 is 0 Å². The molecule has 3 rings (SSSR count). The van der Waals surface area contributed by atoms with Crippen molar-refractivity contribution in [3.8, 4) is 11.5 Å². The van der Waals surface area contributed by atoms with E-state index in [9.17, 15) is 4.79 Å². The summed E-state index contributed by atoms with van der Waals surface area (Å²) in [5.74, 6) is 2.61. The van der Waals surface area contributed by atoms with Crippen LogP contribution in [-0.2, 0) is 17.9 Å². The monoisotopic (exact) mass is 395 g/mol. The molecule has 0 aliphatic carbocycles. The van der Waals surface area contributed by atoms with Crippen molar-refractivity contribution in [3.05, 3.63) is 78.2 Å². The first-order chi connectivity index (χ1) is 14.2. The number of hydrogen-bond donors (Lipinski definition) is 0. The number of benzene rings is 1. The Labute approximate surface area is 170 Å². The summed E-state index contributed by atoms with van der Waals surface area (Å²) >= 11 is 0. The molecular weight excluding hydrogens is 370 g/mol. The van der Waals surface area contributed by atoms with Gasteiger partial charge in [0.05, 0.1) is 38.8 Å². The van der Waals surface area contributed by atoms with Crippen molar-refractivity contribution in [2.45, 2.75) is 26.9 Å². The van der Waals surface area contributed by atoms with Gasteiger partial charge in [-0.05, 0) is 61.9 Å². The average molecular weight is 395 g/mol. The van der Waals surface area contributed by atoms with Gasteiger partial charge in [0.1, 0.15) is 11.5 Å². The third kappa shape index (κ3) is 5.78. The van der Waals surface area contributed by atoms with Crippen LogP contribution in [0.2, 0.25) is 0 Å². The molecule has 0 atom stereocenters. The smallest absolute Gasteiger partial charge is 0.247 e. The van der Waals surface area contributed by atoms with Gasteiger partial charge in [-0.3, -0.25) is 4.79 Å². The van der Waals surface area contributed by atoms with Crippen molar-refractivity contribution in [1.82, 2.24) is 4.90 Å². The first kappa shape index (κ1) is 20.3. The molecule has 1 aromatic carbocycles. The molecule has 0 fully saturated rings. The van der Waals surface area contributed by atoms with Crippen LogP contribution in [0.1, 0.15) is 30.9 Å². The highest BCUT2D eigenvalue weighted by atomic mass is 16.5. The molecule has 0 radical (unpaired) electrons. The summed E-state index contributed by atoms with van der Waals surface area (Å²) in [6, 6.07) is 12.9. The van der Waals surface area contributed by atoms with E-state index in [1.165, 1.54) is 6.08 Å². The van der Waals surface area contributed by atoms with Gasteiger partial charge in [-0.15, -0.1) is 0 Å². The summed E-state index contributed by atoms with van der Waals surface area (Å²) in [5, 5.41) is 0. The molecule has 152 valence electrons. The highest BCUT2D eigenvalue weighted by Crippen LogP contribution is 2.29. The maximum atomic E-state index is 12.8. The number of rotatable bonds is 10. The van der Waals surface area contributed by atoms with Gasteiger partial charge in [-0.25, -0.2) is 0 Å². The fourth-order valence-corrected chi connectivity index (χ4v) is 2.84. The average Bonchev–Trinajstić information content (AvgIpc) is 3.42. The van der Waals surface area contributed by atoms with Crippen LogP contribution in [0.5, 0.6) is 11.5 Å². The molecule has 2 heterocycles. The Morgan fingerprint density at radius 3 is 2.10 bits per heavy atom. The van der Waals surface area contributed by atoms with E-state index in [0.29, 0.717) is 49.3 Å². The predicted molar refractivity (Wildman–Crippen MR) is 109 cm³/mol. The van der Waals surface area contributed by atoms with E-state index in [2.05, 4.69) is 0 Å². The maximum absolute atomic E-state index is 12.8. The third-order valence-corrected chi connectivity index (χ3v) is 4.15. The molecule has 0 saturated carbocycles. The molecule has 0 aliphatic heterocycles. The lowest BCUT2D eigenvalue weighted by atomic mass is 10.2. The van der Waals surface area contributed by atoms with Gasteiger partial charge in [0.2, 0.25) is 5.91 Å². The zero-order valence-corrected chi connectivity index (χ0v) is 16.7. The quantitative estimate of drug-likeness (QED) is 0.456. The minimum absolute atomic E-state index is 0.148. The van der Waals surface area contributed by atoms with Crippen molar-refractivity contribution in [3.63, 3.8) is 0 Å². The van der Waals surface area contributed by atoms with Gasteiger partial charge in [-0.1, -0.05) is 6.07 Å². The number of carbonyl (C=O) groups is 1. The Balaban J connectivity index is 1.75. The van der Waals surface area contributed by atoms with Gasteiger partial charge in [-0.2, -0.15) is 0 Å². The summed E-state index contributed by atoms with van der Waals surface area (Å²) in [4.78, 5) is 14.5. The molecule has 0 aliphatic rings.